The molecule has 1 N–H and O–H groups in total. The molecule has 0 aromatic heterocycles. The van der Waals surface area contributed by atoms with Crippen molar-refractivity contribution in [2.75, 3.05) is 7.05 Å². The Morgan fingerprint density at radius 3 is 2.57 bits per heavy atom. The van der Waals surface area contributed by atoms with Crippen LogP contribution >= 0.6 is 0 Å². The number of aliphatic hydroxyl groups excluding tert-OH is 1. The molecule has 1 aliphatic heterocycles. The lowest BCUT2D eigenvalue weighted by atomic mass is 9.47. The summed E-state index contributed by atoms with van der Waals surface area (Å²) in [6.45, 7) is 7.06. The lowest BCUT2D eigenvalue weighted by Crippen LogP contribution is -2.61. The highest BCUT2D eigenvalue weighted by molar-refractivity contribution is 5.77. The quantitative estimate of drug-likeness (QED) is 0.743. The molecule has 3 heteroatoms. The molecule has 23 heavy (non-hydrogen) atoms. The highest BCUT2D eigenvalue weighted by atomic mass is 16.3. The van der Waals surface area contributed by atoms with E-state index in [0.29, 0.717) is 29.2 Å². The number of rotatable bonds is 0. The molecule has 0 bridgehead atoms. The maximum Gasteiger partial charge on any atom is 0.222 e. The summed E-state index contributed by atoms with van der Waals surface area (Å²) >= 11 is 0. The van der Waals surface area contributed by atoms with E-state index in [4.69, 9.17) is 0 Å². The molecule has 3 saturated carbocycles. The molecule has 0 aromatic carbocycles. The van der Waals surface area contributed by atoms with Crippen molar-refractivity contribution < 1.29 is 9.90 Å². The molecular formula is C20H33NO2. The Hall–Kier alpha value is -0.570. The molecule has 0 radical (unpaired) electrons. The number of carbonyl (C=O) groups is 1. The van der Waals surface area contributed by atoms with E-state index >= 15 is 0 Å². The Morgan fingerprint density at radius 1 is 1.09 bits per heavy atom. The minimum Gasteiger partial charge on any atom is -0.392 e. The second-order valence-corrected chi connectivity index (χ2v) is 9.68. The Bertz CT molecular complexity index is 520. The second-order valence-electron chi connectivity index (χ2n) is 9.68. The van der Waals surface area contributed by atoms with Gasteiger partial charge in [-0.3, -0.25) is 4.79 Å². The van der Waals surface area contributed by atoms with Crippen LogP contribution < -0.4 is 0 Å². The van der Waals surface area contributed by atoms with Crippen LogP contribution in [0.3, 0.4) is 0 Å². The summed E-state index contributed by atoms with van der Waals surface area (Å²) in [4.78, 5) is 14.2. The van der Waals surface area contributed by atoms with Gasteiger partial charge in [0.25, 0.3) is 0 Å². The molecule has 1 heterocycles. The summed E-state index contributed by atoms with van der Waals surface area (Å²) in [5.74, 6) is 2.98. The predicted octanol–water partition coefficient (Wildman–Crippen LogP) is 3.46. The first kappa shape index (κ1) is 15.9. The van der Waals surface area contributed by atoms with E-state index in [1.54, 1.807) is 0 Å². The average Bonchev–Trinajstić information content (AvgIpc) is 2.75. The number of nitrogens with zero attached hydrogens (tertiary/aromatic N) is 1. The van der Waals surface area contributed by atoms with Gasteiger partial charge in [-0.05, 0) is 73.0 Å². The van der Waals surface area contributed by atoms with Crippen LogP contribution in [-0.2, 0) is 4.79 Å². The van der Waals surface area contributed by atoms with Gasteiger partial charge in [-0.25, -0.2) is 0 Å². The van der Waals surface area contributed by atoms with Crippen molar-refractivity contribution in [3.8, 4) is 0 Å². The van der Waals surface area contributed by atoms with Crippen molar-refractivity contribution in [3.63, 3.8) is 0 Å². The van der Waals surface area contributed by atoms with Crippen LogP contribution in [0.4, 0.5) is 0 Å². The third-order valence-electron chi connectivity index (χ3n) is 8.84. The second kappa shape index (κ2) is 4.97. The molecule has 130 valence electrons. The van der Waals surface area contributed by atoms with Crippen molar-refractivity contribution >= 4 is 5.91 Å². The number of hydrogen-bond donors (Lipinski definition) is 1. The highest BCUT2D eigenvalue weighted by Gasteiger charge is 2.62. The van der Waals surface area contributed by atoms with E-state index in [0.717, 1.165) is 31.1 Å². The van der Waals surface area contributed by atoms with Crippen molar-refractivity contribution in [2.24, 2.45) is 34.5 Å². The number of amides is 1. The van der Waals surface area contributed by atoms with Gasteiger partial charge in [0.2, 0.25) is 5.91 Å². The normalized spacial score (nSPS) is 56.0. The zero-order valence-electron chi connectivity index (χ0n) is 15.2. The smallest absolute Gasteiger partial charge is 0.222 e. The first-order valence-electron chi connectivity index (χ1n) is 9.73. The van der Waals surface area contributed by atoms with Crippen molar-refractivity contribution in [1.29, 1.82) is 0 Å². The topological polar surface area (TPSA) is 40.5 Å². The molecule has 1 saturated heterocycles. The molecule has 3 aliphatic carbocycles. The van der Waals surface area contributed by atoms with E-state index in [1.807, 2.05) is 7.05 Å². The average molecular weight is 319 g/mol. The van der Waals surface area contributed by atoms with Crippen LogP contribution in [0.1, 0.15) is 65.7 Å². The fourth-order valence-electron chi connectivity index (χ4n) is 7.49. The lowest BCUT2D eigenvalue weighted by Gasteiger charge is -2.61. The monoisotopic (exact) mass is 319 g/mol. The summed E-state index contributed by atoms with van der Waals surface area (Å²) in [6.07, 6.45) is 7.72. The van der Waals surface area contributed by atoms with Gasteiger partial charge in [0.1, 0.15) is 0 Å². The molecule has 0 spiro atoms. The van der Waals surface area contributed by atoms with E-state index < -0.39 is 0 Å². The summed E-state index contributed by atoms with van der Waals surface area (Å²) in [7, 11) is 2.03. The Labute approximate surface area is 140 Å². The highest BCUT2D eigenvalue weighted by Crippen LogP contribution is 2.65. The van der Waals surface area contributed by atoms with E-state index in [2.05, 4.69) is 25.7 Å². The molecule has 0 aromatic rings. The van der Waals surface area contributed by atoms with Crippen molar-refractivity contribution in [3.05, 3.63) is 0 Å². The van der Waals surface area contributed by atoms with Crippen molar-refractivity contribution in [2.45, 2.75) is 77.9 Å². The zero-order valence-corrected chi connectivity index (χ0v) is 15.2. The number of fused-ring (bicyclic) bond motifs is 5. The van der Waals surface area contributed by atoms with Crippen LogP contribution in [0.2, 0.25) is 0 Å². The maximum atomic E-state index is 12.2. The summed E-state index contributed by atoms with van der Waals surface area (Å²) in [6, 6.07) is 0.443. The number of piperidine rings is 1. The molecular weight excluding hydrogens is 286 g/mol. The van der Waals surface area contributed by atoms with Gasteiger partial charge in [0.05, 0.1) is 6.10 Å². The Morgan fingerprint density at radius 2 is 1.83 bits per heavy atom. The molecule has 3 nitrogen and oxygen atoms in total. The zero-order chi connectivity index (χ0) is 16.6. The Kier molecular flexibility index (Phi) is 3.44. The van der Waals surface area contributed by atoms with Gasteiger partial charge in [0.15, 0.2) is 0 Å². The van der Waals surface area contributed by atoms with Crippen LogP contribution in [0, 0.1) is 34.5 Å². The predicted molar refractivity (Wildman–Crippen MR) is 90.7 cm³/mol. The van der Waals surface area contributed by atoms with E-state index in [9.17, 15) is 9.90 Å². The van der Waals surface area contributed by atoms with E-state index in [1.165, 1.54) is 25.7 Å². The first-order valence-corrected chi connectivity index (χ1v) is 9.73. The molecule has 4 fully saturated rings. The standard InChI is InChI=1S/C20H33NO2/c1-12-11-15-13-5-6-16-19(2,10-8-17(22)21(16)4)14(13)7-9-20(15,3)18(12)23/h12-16,18,23H,5-11H2,1-4H3/t12?,13-,14-,15+,16?,18?,19-,20+/m1/s1. The van der Waals surface area contributed by atoms with Gasteiger partial charge < -0.3 is 10.0 Å². The fraction of sp³-hybridized carbons (Fsp3) is 0.950. The van der Waals surface area contributed by atoms with E-state index in [-0.39, 0.29) is 11.5 Å². The number of likely N-dealkylation sites (tertiary alicyclic amines) is 1. The largest absolute Gasteiger partial charge is 0.392 e. The molecule has 3 unspecified atom stereocenters. The van der Waals surface area contributed by atoms with Gasteiger partial charge in [-0.1, -0.05) is 20.8 Å². The van der Waals surface area contributed by atoms with Crippen LogP contribution in [0.15, 0.2) is 0 Å². The number of hydrogen-bond acceptors (Lipinski definition) is 2. The minimum atomic E-state index is -0.116. The number of aliphatic hydroxyl groups is 1. The molecule has 8 atom stereocenters. The number of carbonyl (C=O) groups excluding carboxylic acids is 1. The third kappa shape index (κ3) is 1.95. The van der Waals surface area contributed by atoms with Crippen LogP contribution in [0.5, 0.6) is 0 Å². The van der Waals surface area contributed by atoms with Gasteiger partial charge >= 0.3 is 0 Å². The van der Waals surface area contributed by atoms with Gasteiger partial charge in [-0.2, -0.15) is 0 Å². The van der Waals surface area contributed by atoms with Crippen LogP contribution in [0.25, 0.3) is 0 Å². The fourth-order valence-corrected chi connectivity index (χ4v) is 7.49. The maximum absolute atomic E-state index is 12.2. The SMILES string of the molecule is CC1C[C@H]2[C@@H]3CCC4N(C)C(=O)CC[C@]4(C)[C@@H]3CC[C@]2(C)C1O. The summed E-state index contributed by atoms with van der Waals surface area (Å²) in [5, 5.41) is 10.8. The lowest BCUT2D eigenvalue weighted by molar-refractivity contribution is -0.160. The van der Waals surface area contributed by atoms with Gasteiger partial charge in [-0.15, -0.1) is 0 Å². The Balaban J connectivity index is 1.66. The summed E-state index contributed by atoms with van der Waals surface area (Å²) < 4.78 is 0. The first-order chi connectivity index (χ1) is 10.8. The molecule has 4 rings (SSSR count). The summed E-state index contributed by atoms with van der Waals surface area (Å²) in [5.41, 5.74) is 0.434. The van der Waals surface area contributed by atoms with Crippen molar-refractivity contribution in [1.82, 2.24) is 4.90 Å². The minimum absolute atomic E-state index is 0.116. The molecule has 1 amide bonds. The molecule has 4 aliphatic rings. The van der Waals surface area contributed by atoms with Gasteiger partial charge in [0, 0.05) is 19.5 Å². The third-order valence-corrected chi connectivity index (χ3v) is 8.84. The van der Waals surface area contributed by atoms with Crippen LogP contribution in [-0.4, -0.2) is 35.1 Å².